The summed E-state index contributed by atoms with van der Waals surface area (Å²) in [5.41, 5.74) is 2.89. The Morgan fingerprint density at radius 2 is 2.08 bits per heavy atom. The molecule has 4 nitrogen and oxygen atoms in total. The number of benzene rings is 1. The summed E-state index contributed by atoms with van der Waals surface area (Å²) in [5.74, 6) is -0.367. The van der Waals surface area contributed by atoms with Crippen LogP contribution in [0.4, 0.5) is 0 Å². The molecule has 0 bridgehead atoms. The molecule has 3 unspecified atom stereocenters. The molecule has 3 atom stereocenters. The van der Waals surface area contributed by atoms with Gasteiger partial charge in [0.15, 0.2) is 0 Å². The zero-order chi connectivity index (χ0) is 16.7. The molecule has 24 heavy (non-hydrogen) atoms. The van der Waals surface area contributed by atoms with Crippen molar-refractivity contribution in [2.45, 2.75) is 62.8 Å². The van der Waals surface area contributed by atoms with Gasteiger partial charge in [0.2, 0.25) is 5.91 Å². The van der Waals surface area contributed by atoms with Crippen LogP contribution in [0.15, 0.2) is 24.3 Å². The summed E-state index contributed by atoms with van der Waals surface area (Å²) in [6, 6.07) is 8.69. The molecule has 4 heteroatoms. The van der Waals surface area contributed by atoms with Gasteiger partial charge >= 0.3 is 5.97 Å². The normalized spacial score (nSPS) is 31.1. The van der Waals surface area contributed by atoms with Crippen molar-refractivity contribution < 1.29 is 14.7 Å². The molecule has 1 saturated carbocycles. The van der Waals surface area contributed by atoms with Gasteiger partial charge in [-0.1, -0.05) is 24.3 Å². The molecule has 1 saturated heterocycles. The molecule has 1 aromatic carbocycles. The largest absolute Gasteiger partial charge is 0.481 e. The lowest BCUT2D eigenvalue weighted by Gasteiger charge is -2.36. The lowest BCUT2D eigenvalue weighted by atomic mass is 9.93. The van der Waals surface area contributed by atoms with Crippen LogP contribution in [0.2, 0.25) is 0 Å². The van der Waals surface area contributed by atoms with Crippen molar-refractivity contribution >= 4 is 11.9 Å². The van der Waals surface area contributed by atoms with Crippen LogP contribution in [-0.4, -0.2) is 34.5 Å². The van der Waals surface area contributed by atoms with Gasteiger partial charge < -0.3 is 10.0 Å². The number of piperidine rings is 1. The number of aliphatic carboxylic acids is 1. The summed E-state index contributed by atoms with van der Waals surface area (Å²) >= 11 is 0. The Labute approximate surface area is 142 Å². The number of hydrogen-bond donors (Lipinski definition) is 1. The van der Waals surface area contributed by atoms with E-state index in [9.17, 15) is 9.59 Å². The molecule has 1 aromatic rings. The standard InChI is InChI=1S/C20H25NO3/c22-18(23)9-8-15-6-3-4-12-21(15)19(24)17-13-20(17)11-10-14-5-1-2-7-16(14)20/h1-2,5,7,15,17H,3-4,6,8-13H2,(H,22,23). The third kappa shape index (κ3) is 2.52. The first-order valence-electron chi connectivity index (χ1n) is 9.22. The highest BCUT2D eigenvalue weighted by Gasteiger charge is 2.62. The van der Waals surface area contributed by atoms with Crippen molar-refractivity contribution in [2.24, 2.45) is 5.92 Å². The number of carboxylic acid groups (broad SMARTS) is 1. The van der Waals surface area contributed by atoms with Gasteiger partial charge in [-0.15, -0.1) is 0 Å². The molecule has 1 heterocycles. The average Bonchev–Trinajstić information content (AvgIpc) is 3.22. The van der Waals surface area contributed by atoms with Gasteiger partial charge in [0.1, 0.15) is 0 Å². The highest BCUT2D eigenvalue weighted by molar-refractivity contribution is 5.85. The lowest BCUT2D eigenvalue weighted by molar-refractivity contribution is -0.140. The van der Waals surface area contributed by atoms with Crippen LogP contribution in [0.5, 0.6) is 0 Å². The van der Waals surface area contributed by atoms with E-state index in [1.165, 1.54) is 11.1 Å². The number of rotatable bonds is 4. The van der Waals surface area contributed by atoms with Crippen LogP contribution in [0.3, 0.4) is 0 Å². The van der Waals surface area contributed by atoms with Crippen LogP contribution >= 0.6 is 0 Å². The van der Waals surface area contributed by atoms with E-state index in [4.69, 9.17) is 5.11 Å². The summed E-state index contributed by atoms with van der Waals surface area (Å²) < 4.78 is 0. The Balaban J connectivity index is 1.49. The number of carboxylic acids is 1. The minimum Gasteiger partial charge on any atom is -0.481 e. The zero-order valence-electron chi connectivity index (χ0n) is 14.0. The van der Waals surface area contributed by atoms with Gasteiger partial charge in [-0.25, -0.2) is 0 Å². The van der Waals surface area contributed by atoms with Gasteiger partial charge in [-0.05, 0) is 56.1 Å². The van der Waals surface area contributed by atoms with Crippen molar-refractivity contribution in [2.75, 3.05) is 6.54 Å². The number of hydrogen-bond acceptors (Lipinski definition) is 2. The van der Waals surface area contributed by atoms with E-state index in [-0.39, 0.29) is 29.7 Å². The van der Waals surface area contributed by atoms with Gasteiger partial charge in [0.25, 0.3) is 0 Å². The highest BCUT2D eigenvalue weighted by Crippen LogP contribution is 2.62. The van der Waals surface area contributed by atoms with Gasteiger partial charge in [-0.3, -0.25) is 9.59 Å². The van der Waals surface area contributed by atoms with Crippen molar-refractivity contribution in [1.29, 1.82) is 0 Å². The van der Waals surface area contributed by atoms with Crippen molar-refractivity contribution in [3.05, 3.63) is 35.4 Å². The smallest absolute Gasteiger partial charge is 0.303 e. The first-order valence-corrected chi connectivity index (χ1v) is 9.22. The maximum absolute atomic E-state index is 13.2. The topological polar surface area (TPSA) is 57.6 Å². The lowest BCUT2D eigenvalue weighted by Crippen LogP contribution is -2.45. The molecule has 2 fully saturated rings. The Morgan fingerprint density at radius 3 is 2.92 bits per heavy atom. The monoisotopic (exact) mass is 327 g/mol. The first kappa shape index (κ1) is 15.7. The number of nitrogens with zero attached hydrogens (tertiary/aromatic N) is 1. The Kier molecular flexibility index (Phi) is 3.86. The molecule has 128 valence electrons. The van der Waals surface area contributed by atoms with E-state index >= 15 is 0 Å². The maximum atomic E-state index is 13.2. The van der Waals surface area contributed by atoms with Crippen molar-refractivity contribution in [3.63, 3.8) is 0 Å². The Morgan fingerprint density at radius 1 is 1.25 bits per heavy atom. The second-order valence-electron chi connectivity index (χ2n) is 7.68. The molecule has 1 spiro atoms. The SMILES string of the molecule is O=C(O)CCC1CCCCN1C(=O)C1CC12CCc1ccccc12. The predicted molar refractivity (Wildman–Crippen MR) is 90.8 cm³/mol. The third-order valence-electron chi connectivity index (χ3n) is 6.37. The van der Waals surface area contributed by atoms with Crippen molar-refractivity contribution in [3.8, 4) is 0 Å². The fourth-order valence-electron chi connectivity index (χ4n) is 5.00. The van der Waals surface area contributed by atoms with Crippen LogP contribution in [0.25, 0.3) is 0 Å². The molecule has 0 radical (unpaired) electrons. The minimum absolute atomic E-state index is 0.0858. The summed E-state index contributed by atoms with van der Waals surface area (Å²) in [5, 5.41) is 8.96. The second kappa shape index (κ2) is 5.91. The molecule has 2 aliphatic carbocycles. The van der Waals surface area contributed by atoms with E-state index in [1.807, 2.05) is 4.90 Å². The fraction of sp³-hybridized carbons (Fsp3) is 0.600. The molecule has 1 N–H and O–H groups in total. The summed E-state index contributed by atoms with van der Waals surface area (Å²) in [6.07, 6.45) is 7.02. The number of carbonyl (C=O) groups excluding carboxylic acids is 1. The average molecular weight is 327 g/mol. The number of amides is 1. The van der Waals surface area contributed by atoms with Gasteiger partial charge in [0.05, 0.1) is 0 Å². The number of fused-ring (bicyclic) bond motifs is 2. The summed E-state index contributed by atoms with van der Waals surface area (Å²) in [7, 11) is 0. The predicted octanol–water partition coefficient (Wildman–Crippen LogP) is 3.14. The van der Waals surface area contributed by atoms with Crippen LogP contribution in [0.1, 0.15) is 56.1 Å². The maximum Gasteiger partial charge on any atom is 0.303 e. The van der Waals surface area contributed by atoms with Crippen LogP contribution in [-0.2, 0) is 21.4 Å². The molecule has 1 amide bonds. The molecule has 1 aliphatic heterocycles. The number of aryl methyl sites for hydroxylation is 1. The second-order valence-corrected chi connectivity index (χ2v) is 7.68. The summed E-state index contributed by atoms with van der Waals surface area (Å²) in [4.78, 5) is 26.1. The van der Waals surface area contributed by atoms with Crippen LogP contribution < -0.4 is 0 Å². The number of likely N-dealkylation sites (tertiary alicyclic amines) is 1. The van der Waals surface area contributed by atoms with Crippen molar-refractivity contribution in [1.82, 2.24) is 4.90 Å². The Hall–Kier alpha value is -1.84. The van der Waals surface area contributed by atoms with E-state index in [0.717, 1.165) is 45.1 Å². The van der Waals surface area contributed by atoms with E-state index in [2.05, 4.69) is 24.3 Å². The highest BCUT2D eigenvalue weighted by atomic mass is 16.4. The molecular formula is C20H25NO3. The fourth-order valence-corrected chi connectivity index (χ4v) is 5.00. The molecule has 4 rings (SSSR count). The zero-order valence-corrected chi connectivity index (χ0v) is 14.0. The third-order valence-corrected chi connectivity index (χ3v) is 6.37. The Bertz CT molecular complexity index is 671. The van der Waals surface area contributed by atoms with E-state index in [0.29, 0.717) is 6.42 Å². The summed E-state index contributed by atoms with van der Waals surface area (Å²) in [6.45, 7) is 0.803. The van der Waals surface area contributed by atoms with Crippen LogP contribution in [0, 0.1) is 5.92 Å². The molecule has 3 aliphatic rings. The first-order chi connectivity index (χ1) is 11.6. The molecule has 0 aromatic heterocycles. The van der Waals surface area contributed by atoms with E-state index in [1.54, 1.807) is 0 Å². The molecular weight excluding hydrogens is 302 g/mol. The van der Waals surface area contributed by atoms with E-state index < -0.39 is 5.97 Å². The van der Waals surface area contributed by atoms with Gasteiger partial charge in [-0.2, -0.15) is 0 Å². The minimum atomic E-state index is -0.763. The van der Waals surface area contributed by atoms with Gasteiger partial charge in [0, 0.05) is 30.3 Å². The quantitative estimate of drug-likeness (QED) is 0.924. The number of carbonyl (C=O) groups is 2.